The maximum absolute atomic E-state index is 11.8. The van der Waals surface area contributed by atoms with Crippen molar-refractivity contribution >= 4 is 14.1 Å². The first kappa shape index (κ1) is 16.9. The number of nitrogens with two attached hydrogens (primary N) is 1. The summed E-state index contributed by atoms with van der Waals surface area (Å²) in [5, 5.41) is 20.2. The molecule has 0 amide bonds. The SMILES string of the molecule is CO[P+](=O)OC[C@@]1(C)O[C@@H](n2ccc(N)nc2=O)C(O)C1O. The summed E-state index contributed by atoms with van der Waals surface area (Å²) < 4.78 is 27.1. The number of hydrogen-bond donors (Lipinski definition) is 3. The van der Waals surface area contributed by atoms with Gasteiger partial charge in [0.05, 0.1) is 7.11 Å². The van der Waals surface area contributed by atoms with Crippen LogP contribution < -0.4 is 11.4 Å². The molecule has 10 nitrogen and oxygen atoms in total. The Hall–Kier alpha value is -1.42. The van der Waals surface area contributed by atoms with Gasteiger partial charge in [0.25, 0.3) is 0 Å². The predicted molar refractivity (Wildman–Crippen MR) is 74.0 cm³/mol. The van der Waals surface area contributed by atoms with Crippen LogP contribution in [-0.2, 0) is 18.3 Å². The molecule has 0 spiro atoms. The first-order valence-corrected chi connectivity index (χ1v) is 7.41. The first-order chi connectivity index (χ1) is 10.3. The second kappa shape index (κ2) is 6.37. The van der Waals surface area contributed by atoms with Gasteiger partial charge in [-0.15, -0.1) is 9.05 Å². The maximum Gasteiger partial charge on any atom is 0.697 e. The third-order valence-electron chi connectivity index (χ3n) is 3.36. The normalized spacial score (nSPS) is 32.2. The molecule has 1 aliphatic rings. The summed E-state index contributed by atoms with van der Waals surface area (Å²) in [6, 6.07) is 1.36. The number of rotatable bonds is 5. The van der Waals surface area contributed by atoms with Crippen LogP contribution in [0.1, 0.15) is 13.2 Å². The Morgan fingerprint density at radius 1 is 1.59 bits per heavy atom. The number of aliphatic hydroxyl groups excluding tert-OH is 2. The number of nitrogen functional groups attached to an aromatic ring is 1. The van der Waals surface area contributed by atoms with E-state index in [4.69, 9.17) is 15.0 Å². The van der Waals surface area contributed by atoms with Gasteiger partial charge in [0, 0.05) is 10.8 Å². The van der Waals surface area contributed by atoms with Gasteiger partial charge in [0.1, 0.15) is 30.2 Å². The standard InChI is InChI=1S/C11H16N3O7P/c1-11(5-20-22(18)19-2)8(16)7(15)9(21-11)14-4-3-6(12)13-10(14)17/h3-4,7-9,15-16H,5H2,1-2H3,(H-,12,13,17)/p+1/t7?,8?,9-,11-/m1/s1. The Labute approximate surface area is 126 Å². The van der Waals surface area contributed by atoms with Crippen molar-refractivity contribution in [3.63, 3.8) is 0 Å². The van der Waals surface area contributed by atoms with Crippen molar-refractivity contribution < 1.29 is 28.6 Å². The highest BCUT2D eigenvalue weighted by atomic mass is 31.1. The molecule has 0 aromatic carbocycles. The van der Waals surface area contributed by atoms with Crippen molar-refractivity contribution in [1.82, 2.24) is 9.55 Å². The van der Waals surface area contributed by atoms with Crippen LogP contribution in [0.2, 0.25) is 0 Å². The largest absolute Gasteiger partial charge is 0.697 e. The smallest absolute Gasteiger partial charge is 0.387 e. The average Bonchev–Trinajstić information content (AvgIpc) is 2.70. The quantitative estimate of drug-likeness (QED) is 0.586. The molecule has 1 fully saturated rings. The van der Waals surface area contributed by atoms with Crippen molar-refractivity contribution in [1.29, 1.82) is 0 Å². The number of hydrogen-bond acceptors (Lipinski definition) is 9. The van der Waals surface area contributed by atoms with Crippen LogP contribution in [0.15, 0.2) is 17.1 Å². The molecule has 3 unspecified atom stereocenters. The minimum atomic E-state index is -2.36. The van der Waals surface area contributed by atoms with Gasteiger partial charge in [0.2, 0.25) is 0 Å². The summed E-state index contributed by atoms with van der Waals surface area (Å²) in [5.74, 6) is 0.0254. The molecule has 22 heavy (non-hydrogen) atoms. The molecule has 2 heterocycles. The molecular formula is C11H17N3O7P+. The highest BCUT2D eigenvalue weighted by Crippen LogP contribution is 2.38. The van der Waals surface area contributed by atoms with E-state index in [-0.39, 0.29) is 12.4 Å². The van der Waals surface area contributed by atoms with Crippen LogP contribution in [0, 0.1) is 0 Å². The topological polar surface area (TPSA) is 146 Å². The number of anilines is 1. The zero-order chi connectivity index (χ0) is 16.5. The van der Waals surface area contributed by atoms with Gasteiger partial charge in [0.15, 0.2) is 6.23 Å². The monoisotopic (exact) mass is 334 g/mol. The number of aromatic nitrogens is 2. The Bertz CT molecular complexity index is 624. The molecule has 1 aromatic rings. The van der Waals surface area contributed by atoms with Crippen LogP contribution >= 0.6 is 8.25 Å². The van der Waals surface area contributed by atoms with E-state index >= 15 is 0 Å². The molecule has 1 aromatic heterocycles. The predicted octanol–water partition coefficient (Wildman–Crippen LogP) is -0.845. The second-order valence-corrected chi connectivity index (χ2v) is 6.05. The fourth-order valence-corrected chi connectivity index (χ4v) is 2.59. The van der Waals surface area contributed by atoms with Gasteiger partial charge >= 0.3 is 13.9 Å². The molecule has 0 radical (unpaired) electrons. The number of ether oxygens (including phenoxy) is 1. The van der Waals surface area contributed by atoms with Crippen molar-refractivity contribution in [3.8, 4) is 0 Å². The molecule has 0 bridgehead atoms. The molecule has 4 N–H and O–H groups in total. The molecule has 2 rings (SSSR count). The fourth-order valence-electron chi connectivity index (χ4n) is 2.13. The van der Waals surface area contributed by atoms with E-state index in [1.54, 1.807) is 0 Å². The van der Waals surface area contributed by atoms with E-state index in [0.29, 0.717) is 0 Å². The van der Waals surface area contributed by atoms with Gasteiger partial charge in [-0.3, -0.25) is 4.57 Å². The van der Waals surface area contributed by atoms with Gasteiger partial charge in [-0.25, -0.2) is 4.79 Å². The van der Waals surface area contributed by atoms with Crippen molar-refractivity contribution in [2.24, 2.45) is 0 Å². The molecule has 1 aliphatic heterocycles. The average molecular weight is 334 g/mol. The molecule has 0 aliphatic carbocycles. The molecule has 11 heteroatoms. The summed E-state index contributed by atoms with van der Waals surface area (Å²) in [5.41, 5.74) is 3.28. The third kappa shape index (κ3) is 3.17. The lowest BCUT2D eigenvalue weighted by Crippen LogP contribution is -2.43. The van der Waals surface area contributed by atoms with Crippen LogP contribution in [-0.4, -0.2) is 51.3 Å². The molecule has 0 saturated carbocycles. The summed E-state index contributed by atoms with van der Waals surface area (Å²) in [6.07, 6.45) is -2.66. The van der Waals surface area contributed by atoms with Crippen LogP contribution in [0.5, 0.6) is 0 Å². The zero-order valence-corrected chi connectivity index (χ0v) is 12.8. The van der Waals surface area contributed by atoms with E-state index in [2.05, 4.69) is 9.51 Å². The zero-order valence-electron chi connectivity index (χ0n) is 11.9. The summed E-state index contributed by atoms with van der Waals surface area (Å²) in [7, 11) is -1.16. The van der Waals surface area contributed by atoms with Crippen LogP contribution in [0.3, 0.4) is 0 Å². The van der Waals surface area contributed by atoms with E-state index < -0.39 is 38.0 Å². The van der Waals surface area contributed by atoms with E-state index in [1.807, 2.05) is 0 Å². The maximum atomic E-state index is 11.8. The van der Waals surface area contributed by atoms with Crippen molar-refractivity contribution in [3.05, 3.63) is 22.7 Å². The van der Waals surface area contributed by atoms with Crippen LogP contribution in [0.4, 0.5) is 5.82 Å². The Balaban J connectivity index is 2.22. The van der Waals surface area contributed by atoms with Crippen molar-refractivity contribution in [2.45, 2.75) is 31.0 Å². The fraction of sp³-hybridized carbons (Fsp3) is 0.636. The molecule has 1 saturated heterocycles. The Morgan fingerprint density at radius 3 is 2.86 bits per heavy atom. The number of nitrogens with zero attached hydrogens (tertiary/aromatic N) is 2. The summed E-state index contributed by atoms with van der Waals surface area (Å²) in [6.45, 7) is 1.15. The minimum Gasteiger partial charge on any atom is -0.387 e. The van der Waals surface area contributed by atoms with E-state index in [9.17, 15) is 19.6 Å². The molecular weight excluding hydrogens is 317 g/mol. The van der Waals surface area contributed by atoms with Gasteiger partial charge in [-0.1, -0.05) is 0 Å². The highest BCUT2D eigenvalue weighted by molar-refractivity contribution is 7.33. The molecule has 5 atom stereocenters. The minimum absolute atomic E-state index is 0.0254. The third-order valence-corrected chi connectivity index (χ3v) is 4.00. The lowest BCUT2D eigenvalue weighted by Gasteiger charge is -2.24. The van der Waals surface area contributed by atoms with E-state index in [0.717, 1.165) is 4.57 Å². The Morgan fingerprint density at radius 2 is 2.27 bits per heavy atom. The van der Waals surface area contributed by atoms with Crippen molar-refractivity contribution in [2.75, 3.05) is 19.5 Å². The van der Waals surface area contributed by atoms with Gasteiger partial charge in [-0.05, 0) is 13.0 Å². The summed E-state index contributed by atoms with van der Waals surface area (Å²) >= 11 is 0. The van der Waals surface area contributed by atoms with Gasteiger partial charge < -0.3 is 20.7 Å². The lowest BCUT2D eigenvalue weighted by atomic mass is 9.99. The molecule has 122 valence electrons. The van der Waals surface area contributed by atoms with Crippen LogP contribution in [0.25, 0.3) is 0 Å². The van der Waals surface area contributed by atoms with Gasteiger partial charge in [-0.2, -0.15) is 4.98 Å². The Kier molecular flexibility index (Phi) is 4.90. The lowest BCUT2D eigenvalue weighted by molar-refractivity contribution is -0.113. The number of aliphatic hydroxyl groups is 2. The summed E-state index contributed by atoms with van der Waals surface area (Å²) in [4.78, 5) is 15.3. The highest BCUT2D eigenvalue weighted by Gasteiger charge is 2.53. The first-order valence-electron chi connectivity index (χ1n) is 6.31. The second-order valence-electron chi connectivity index (χ2n) is 4.98. The van der Waals surface area contributed by atoms with E-state index in [1.165, 1.54) is 26.3 Å².